The summed E-state index contributed by atoms with van der Waals surface area (Å²) in [6.07, 6.45) is 0. The Morgan fingerprint density at radius 1 is 0.952 bits per heavy atom. The molecule has 42 heavy (non-hydrogen) atoms. The van der Waals surface area contributed by atoms with Crippen molar-refractivity contribution >= 4 is 23.2 Å². The minimum absolute atomic E-state index is 0.0378. The van der Waals surface area contributed by atoms with Crippen molar-refractivity contribution in [1.82, 2.24) is 20.1 Å². The number of aromatic nitrogens is 2. The molecular formula is C31H32ClN5O5. The average molecular weight is 590 g/mol. The van der Waals surface area contributed by atoms with Crippen molar-refractivity contribution in [2.24, 2.45) is 0 Å². The number of nitrogens with zero attached hydrogens (tertiary/aromatic N) is 5. The molecule has 0 unspecified atom stereocenters. The van der Waals surface area contributed by atoms with Gasteiger partial charge in [-0.05, 0) is 67.6 Å². The topological polar surface area (TPSA) is 93.4 Å². The summed E-state index contributed by atoms with van der Waals surface area (Å²) in [5.74, 6) is 2.08. The summed E-state index contributed by atoms with van der Waals surface area (Å²) < 4.78 is 22.1. The van der Waals surface area contributed by atoms with Crippen LogP contribution in [-0.2, 0) is 17.9 Å². The van der Waals surface area contributed by atoms with Gasteiger partial charge in [0.05, 0.1) is 0 Å². The van der Waals surface area contributed by atoms with Gasteiger partial charge in [0.1, 0.15) is 17.1 Å². The molecule has 0 N–H and O–H groups in total. The van der Waals surface area contributed by atoms with Crippen molar-refractivity contribution in [2.45, 2.75) is 20.0 Å². The molecule has 0 atom stereocenters. The molecule has 11 heteroatoms. The molecule has 10 nitrogen and oxygen atoms in total. The predicted octanol–water partition coefficient (Wildman–Crippen LogP) is 4.79. The van der Waals surface area contributed by atoms with Crippen LogP contribution in [0.25, 0.3) is 11.1 Å². The van der Waals surface area contributed by atoms with Crippen LogP contribution in [0.5, 0.6) is 17.2 Å². The summed E-state index contributed by atoms with van der Waals surface area (Å²) in [7, 11) is 2.00. The number of hydrogen-bond acceptors (Lipinski definition) is 9. The lowest BCUT2D eigenvalue weighted by molar-refractivity contribution is -0.133. The molecule has 6 rings (SSSR count). The van der Waals surface area contributed by atoms with Gasteiger partial charge in [-0.2, -0.15) is 0 Å². The Labute approximate surface area is 249 Å². The average Bonchev–Trinajstić information content (AvgIpc) is 3.64. The van der Waals surface area contributed by atoms with Gasteiger partial charge in [0.25, 0.3) is 5.91 Å². The van der Waals surface area contributed by atoms with E-state index in [-0.39, 0.29) is 19.3 Å². The van der Waals surface area contributed by atoms with Crippen molar-refractivity contribution in [1.29, 1.82) is 0 Å². The van der Waals surface area contributed by atoms with E-state index in [4.69, 9.17) is 30.4 Å². The minimum atomic E-state index is -0.0381. The van der Waals surface area contributed by atoms with Crippen LogP contribution in [-0.4, -0.2) is 72.6 Å². The number of rotatable bonds is 9. The highest BCUT2D eigenvalue weighted by atomic mass is 35.5. The summed E-state index contributed by atoms with van der Waals surface area (Å²) >= 11 is 6.16. The molecule has 1 saturated heterocycles. The third-order valence-electron chi connectivity index (χ3n) is 7.53. The molecule has 4 aromatic rings. The normalized spacial score (nSPS) is 14.5. The third-order valence-corrected chi connectivity index (χ3v) is 7.76. The van der Waals surface area contributed by atoms with Crippen molar-refractivity contribution in [3.63, 3.8) is 0 Å². The highest BCUT2D eigenvalue weighted by molar-refractivity contribution is 6.30. The van der Waals surface area contributed by atoms with E-state index in [0.29, 0.717) is 37.0 Å². The third kappa shape index (κ3) is 6.29. The second-order valence-corrected chi connectivity index (χ2v) is 10.9. The first-order chi connectivity index (χ1) is 20.4. The van der Waals surface area contributed by atoms with Crippen LogP contribution in [0.15, 0.2) is 65.3 Å². The Morgan fingerprint density at radius 2 is 1.74 bits per heavy atom. The maximum absolute atomic E-state index is 13.1. The molecule has 0 aliphatic carbocycles. The standard InChI is InChI=1S/C31H32ClN5O5/c1-21-27(34-42-33-21)18-35(2)17-24-14-22(23-7-9-29-30(15-23)41-20-40-29)6-8-28(24)39-19-31(38)37-12-10-36(11-13-37)26-5-3-4-25(32)16-26/h3-9,14-16H,10-13,17-20H2,1-2H3. The van der Waals surface area contributed by atoms with E-state index in [1.807, 2.05) is 73.5 Å². The highest BCUT2D eigenvalue weighted by Crippen LogP contribution is 2.37. The molecule has 1 aromatic heterocycles. The van der Waals surface area contributed by atoms with Gasteiger partial charge in [0.15, 0.2) is 18.1 Å². The fourth-order valence-electron chi connectivity index (χ4n) is 5.21. The van der Waals surface area contributed by atoms with Crippen LogP contribution < -0.4 is 19.1 Å². The van der Waals surface area contributed by atoms with Crippen molar-refractivity contribution in [3.8, 4) is 28.4 Å². The lowest BCUT2D eigenvalue weighted by atomic mass is 10.0. The zero-order valence-electron chi connectivity index (χ0n) is 23.6. The molecule has 3 heterocycles. The van der Waals surface area contributed by atoms with Crippen LogP contribution in [0.2, 0.25) is 5.02 Å². The van der Waals surface area contributed by atoms with E-state index in [1.54, 1.807) is 0 Å². The van der Waals surface area contributed by atoms with E-state index in [1.165, 1.54) is 0 Å². The lowest BCUT2D eigenvalue weighted by Gasteiger charge is -2.36. The van der Waals surface area contributed by atoms with Crippen molar-refractivity contribution < 1.29 is 23.6 Å². The predicted molar refractivity (Wildman–Crippen MR) is 158 cm³/mol. The Hall–Kier alpha value is -4.28. The fraction of sp³-hybridized carbons (Fsp3) is 0.323. The molecule has 1 amide bonds. The van der Waals surface area contributed by atoms with E-state index in [2.05, 4.69) is 26.2 Å². The number of aryl methyl sites for hydroxylation is 1. The molecule has 0 bridgehead atoms. The number of ether oxygens (including phenoxy) is 3. The number of hydrogen-bond donors (Lipinski definition) is 0. The second-order valence-electron chi connectivity index (χ2n) is 10.5. The summed E-state index contributed by atoms with van der Waals surface area (Å²) in [5, 5.41) is 8.61. The zero-order chi connectivity index (χ0) is 29.1. The van der Waals surface area contributed by atoms with Crippen molar-refractivity contribution in [2.75, 3.05) is 51.5 Å². The lowest BCUT2D eigenvalue weighted by Crippen LogP contribution is -2.50. The zero-order valence-corrected chi connectivity index (χ0v) is 24.3. The quantitative estimate of drug-likeness (QED) is 0.273. The fourth-order valence-corrected chi connectivity index (χ4v) is 5.40. The highest BCUT2D eigenvalue weighted by Gasteiger charge is 2.23. The number of carbonyl (C=O) groups excluding carboxylic acids is 1. The summed E-state index contributed by atoms with van der Waals surface area (Å²) in [6, 6.07) is 19.7. The van der Waals surface area contributed by atoms with Crippen molar-refractivity contribution in [3.05, 3.63) is 82.6 Å². The minimum Gasteiger partial charge on any atom is -0.483 e. The van der Waals surface area contributed by atoms with E-state index in [9.17, 15) is 4.79 Å². The Morgan fingerprint density at radius 3 is 2.52 bits per heavy atom. The van der Waals surface area contributed by atoms with E-state index < -0.39 is 0 Å². The Balaban J connectivity index is 1.14. The van der Waals surface area contributed by atoms with Gasteiger partial charge >= 0.3 is 0 Å². The molecule has 0 saturated carbocycles. The molecule has 3 aromatic carbocycles. The van der Waals surface area contributed by atoms with Gasteiger partial charge in [-0.25, -0.2) is 4.63 Å². The van der Waals surface area contributed by atoms with Gasteiger partial charge in [-0.15, -0.1) is 0 Å². The first-order valence-electron chi connectivity index (χ1n) is 13.8. The number of benzene rings is 3. The molecule has 2 aliphatic rings. The Bertz CT molecular complexity index is 1570. The summed E-state index contributed by atoms with van der Waals surface area (Å²) in [6.45, 7) is 5.90. The SMILES string of the molecule is Cc1nonc1CN(C)Cc1cc(-c2ccc3c(c2)OCO3)ccc1OCC(=O)N1CCN(c2cccc(Cl)c2)CC1. The first kappa shape index (κ1) is 27.9. The van der Waals surface area contributed by atoms with Gasteiger partial charge in [-0.3, -0.25) is 9.69 Å². The number of halogens is 1. The molecular weight excluding hydrogens is 558 g/mol. The summed E-state index contributed by atoms with van der Waals surface area (Å²) in [4.78, 5) is 19.4. The number of piperazine rings is 1. The number of anilines is 1. The number of fused-ring (bicyclic) bond motifs is 1. The molecule has 218 valence electrons. The van der Waals surface area contributed by atoms with Crippen LogP contribution in [0.1, 0.15) is 17.0 Å². The van der Waals surface area contributed by atoms with Gasteiger partial charge in [-0.1, -0.05) is 40.1 Å². The van der Waals surface area contributed by atoms with Crippen LogP contribution in [0, 0.1) is 6.92 Å². The van der Waals surface area contributed by atoms with Gasteiger partial charge in [0.2, 0.25) is 6.79 Å². The maximum Gasteiger partial charge on any atom is 0.260 e. The van der Waals surface area contributed by atoms with Gasteiger partial charge < -0.3 is 24.0 Å². The smallest absolute Gasteiger partial charge is 0.260 e. The molecule has 0 radical (unpaired) electrons. The maximum atomic E-state index is 13.1. The number of amides is 1. The number of carbonyl (C=O) groups is 1. The monoisotopic (exact) mass is 589 g/mol. The van der Waals surface area contributed by atoms with E-state index in [0.717, 1.165) is 58.4 Å². The largest absolute Gasteiger partial charge is 0.483 e. The Kier molecular flexibility index (Phi) is 8.16. The van der Waals surface area contributed by atoms with Crippen LogP contribution in [0.4, 0.5) is 5.69 Å². The molecule has 2 aliphatic heterocycles. The first-order valence-corrected chi connectivity index (χ1v) is 14.2. The second kappa shape index (κ2) is 12.3. The van der Waals surface area contributed by atoms with Crippen LogP contribution in [0.3, 0.4) is 0 Å². The van der Waals surface area contributed by atoms with Crippen LogP contribution >= 0.6 is 11.6 Å². The van der Waals surface area contributed by atoms with Gasteiger partial charge in [0, 0.05) is 55.5 Å². The molecule has 1 fully saturated rings. The summed E-state index contributed by atoms with van der Waals surface area (Å²) in [5.41, 5.74) is 5.55. The van der Waals surface area contributed by atoms with E-state index >= 15 is 0 Å². The molecule has 0 spiro atoms.